The van der Waals surface area contributed by atoms with Crippen LogP contribution in [0.15, 0.2) is 66.2 Å². The lowest BCUT2D eigenvalue weighted by Gasteiger charge is -2.13. The first-order valence-corrected chi connectivity index (χ1v) is 10.7. The van der Waals surface area contributed by atoms with Crippen molar-refractivity contribution in [2.75, 3.05) is 20.3 Å². The van der Waals surface area contributed by atoms with Crippen LogP contribution in [0, 0.1) is 0 Å². The molecule has 0 aliphatic heterocycles. The van der Waals surface area contributed by atoms with Crippen molar-refractivity contribution in [1.29, 1.82) is 0 Å². The van der Waals surface area contributed by atoms with Gasteiger partial charge in [-0.25, -0.2) is 4.79 Å². The van der Waals surface area contributed by atoms with E-state index in [1.54, 1.807) is 13.2 Å². The van der Waals surface area contributed by atoms with Crippen molar-refractivity contribution < 1.29 is 19.1 Å². The highest BCUT2D eigenvalue weighted by atomic mass is 16.5. The van der Waals surface area contributed by atoms with Gasteiger partial charge in [0.25, 0.3) is 5.91 Å². The van der Waals surface area contributed by atoms with E-state index in [9.17, 15) is 9.59 Å². The number of carbonyl (C=O) groups is 2. The van der Waals surface area contributed by atoms with Crippen LogP contribution in [0.25, 0.3) is 11.6 Å². The molecule has 0 heterocycles. The monoisotopic (exact) mass is 419 g/mol. The lowest BCUT2D eigenvalue weighted by atomic mass is 9.97. The Balaban J connectivity index is 1.63. The number of hydrogen-bond acceptors (Lipinski definition) is 4. The first kappa shape index (κ1) is 22.3. The SMILES string of the molecule is COc1ccccc1/C=C(/C(=O)OCC(=O)NCCC1=CCCCC1)c1ccccc1. The van der Waals surface area contributed by atoms with Crippen LogP contribution in [0.4, 0.5) is 0 Å². The topological polar surface area (TPSA) is 64.6 Å². The fraction of sp³-hybridized carbons (Fsp3) is 0.308. The van der Waals surface area contributed by atoms with Crippen molar-refractivity contribution in [2.45, 2.75) is 32.1 Å². The van der Waals surface area contributed by atoms with Gasteiger partial charge < -0.3 is 14.8 Å². The molecular weight excluding hydrogens is 390 g/mol. The molecule has 0 fully saturated rings. The molecule has 0 unspecified atom stereocenters. The van der Waals surface area contributed by atoms with Crippen LogP contribution < -0.4 is 10.1 Å². The molecule has 0 saturated carbocycles. The van der Waals surface area contributed by atoms with E-state index in [1.807, 2.05) is 54.6 Å². The zero-order chi connectivity index (χ0) is 21.9. The minimum atomic E-state index is -0.553. The number of rotatable bonds is 9. The van der Waals surface area contributed by atoms with Gasteiger partial charge in [0.05, 0.1) is 12.7 Å². The first-order valence-electron chi connectivity index (χ1n) is 10.7. The molecule has 0 aromatic heterocycles. The molecule has 1 aliphatic carbocycles. The predicted molar refractivity (Wildman–Crippen MR) is 122 cm³/mol. The Morgan fingerprint density at radius 2 is 1.81 bits per heavy atom. The van der Waals surface area contributed by atoms with Crippen molar-refractivity contribution in [2.24, 2.45) is 0 Å². The highest BCUT2D eigenvalue weighted by Gasteiger charge is 2.16. The molecule has 2 aromatic rings. The average molecular weight is 420 g/mol. The summed E-state index contributed by atoms with van der Waals surface area (Å²) < 4.78 is 10.7. The average Bonchev–Trinajstić information content (AvgIpc) is 2.82. The van der Waals surface area contributed by atoms with Crippen LogP contribution >= 0.6 is 0 Å². The molecule has 5 heteroatoms. The second-order valence-corrected chi connectivity index (χ2v) is 7.45. The molecule has 0 saturated heterocycles. The summed E-state index contributed by atoms with van der Waals surface area (Å²) >= 11 is 0. The minimum absolute atomic E-state index is 0.297. The summed E-state index contributed by atoms with van der Waals surface area (Å²) in [4.78, 5) is 25.0. The normalized spacial score (nSPS) is 13.8. The Bertz CT molecular complexity index is 947. The summed E-state index contributed by atoms with van der Waals surface area (Å²) in [7, 11) is 1.58. The molecule has 0 radical (unpaired) electrons. The van der Waals surface area contributed by atoms with Crippen LogP contribution in [0.1, 0.15) is 43.2 Å². The maximum absolute atomic E-state index is 12.9. The van der Waals surface area contributed by atoms with Crippen LogP contribution in [0.5, 0.6) is 5.75 Å². The van der Waals surface area contributed by atoms with Gasteiger partial charge in [-0.2, -0.15) is 0 Å². The molecule has 2 aromatic carbocycles. The van der Waals surface area contributed by atoms with Crippen LogP contribution in [0.2, 0.25) is 0 Å². The smallest absolute Gasteiger partial charge is 0.339 e. The molecular formula is C26H29NO4. The summed E-state index contributed by atoms with van der Waals surface area (Å²) in [6.45, 7) is 0.249. The van der Waals surface area contributed by atoms with E-state index in [2.05, 4.69) is 11.4 Å². The van der Waals surface area contributed by atoms with Gasteiger partial charge in [-0.3, -0.25) is 4.79 Å². The van der Waals surface area contributed by atoms with Crippen molar-refractivity contribution in [3.8, 4) is 5.75 Å². The largest absolute Gasteiger partial charge is 0.496 e. The summed E-state index contributed by atoms with van der Waals surface area (Å²) in [5, 5.41) is 2.84. The number of hydrogen-bond donors (Lipinski definition) is 1. The van der Waals surface area contributed by atoms with E-state index in [4.69, 9.17) is 9.47 Å². The Morgan fingerprint density at radius 3 is 2.55 bits per heavy atom. The quantitative estimate of drug-likeness (QED) is 0.275. The summed E-state index contributed by atoms with van der Waals surface area (Å²) in [5.41, 5.74) is 3.23. The highest BCUT2D eigenvalue weighted by molar-refractivity contribution is 6.22. The molecule has 1 aliphatic rings. The fourth-order valence-electron chi connectivity index (χ4n) is 3.57. The highest BCUT2D eigenvalue weighted by Crippen LogP contribution is 2.25. The number of methoxy groups -OCH3 is 1. The third-order valence-corrected chi connectivity index (χ3v) is 5.23. The molecule has 0 atom stereocenters. The fourth-order valence-corrected chi connectivity index (χ4v) is 3.57. The number of allylic oxidation sites excluding steroid dienone is 1. The minimum Gasteiger partial charge on any atom is -0.496 e. The van der Waals surface area contributed by atoms with Crippen molar-refractivity contribution >= 4 is 23.5 Å². The number of carbonyl (C=O) groups excluding carboxylic acids is 2. The molecule has 3 rings (SSSR count). The van der Waals surface area contributed by atoms with E-state index in [1.165, 1.54) is 18.4 Å². The number of esters is 1. The van der Waals surface area contributed by atoms with Gasteiger partial charge in [0.1, 0.15) is 5.75 Å². The van der Waals surface area contributed by atoms with E-state index in [-0.39, 0.29) is 12.5 Å². The van der Waals surface area contributed by atoms with Crippen molar-refractivity contribution in [1.82, 2.24) is 5.32 Å². The van der Waals surface area contributed by atoms with Crippen LogP contribution in [-0.2, 0) is 14.3 Å². The van der Waals surface area contributed by atoms with Gasteiger partial charge in [-0.1, -0.05) is 60.2 Å². The predicted octanol–water partition coefficient (Wildman–Crippen LogP) is 4.79. The van der Waals surface area contributed by atoms with Crippen LogP contribution in [0.3, 0.4) is 0 Å². The summed E-state index contributed by atoms with van der Waals surface area (Å²) in [6, 6.07) is 16.7. The number of para-hydroxylation sites is 1. The molecule has 31 heavy (non-hydrogen) atoms. The van der Waals surface area contributed by atoms with Gasteiger partial charge in [-0.05, 0) is 49.8 Å². The van der Waals surface area contributed by atoms with Gasteiger partial charge in [0, 0.05) is 12.1 Å². The lowest BCUT2D eigenvalue weighted by Crippen LogP contribution is -2.30. The Hall–Kier alpha value is -3.34. The van der Waals surface area contributed by atoms with Crippen LogP contribution in [-0.4, -0.2) is 32.1 Å². The maximum atomic E-state index is 12.9. The standard InChI is InChI=1S/C26H29NO4/c1-30-24-15-9-8-14-22(24)18-23(21-12-6-3-7-13-21)26(29)31-19-25(28)27-17-16-20-10-4-2-5-11-20/h3,6-10,12-15,18H,2,4-5,11,16-17,19H2,1H3,(H,27,28)/b23-18+. The van der Waals surface area contributed by atoms with E-state index < -0.39 is 5.97 Å². The number of ether oxygens (including phenoxy) is 2. The van der Waals surface area contributed by atoms with E-state index >= 15 is 0 Å². The zero-order valence-electron chi connectivity index (χ0n) is 17.9. The number of amides is 1. The van der Waals surface area contributed by atoms with Crippen molar-refractivity contribution in [3.05, 3.63) is 77.4 Å². The maximum Gasteiger partial charge on any atom is 0.339 e. The van der Waals surface area contributed by atoms with E-state index in [0.29, 0.717) is 23.4 Å². The van der Waals surface area contributed by atoms with Crippen molar-refractivity contribution in [3.63, 3.8) is 0 Å². The van der Waals surface area contributed by atoms with E-state index in [0.717, 1.165) is 24.8 Å². The second kappa shape index (κ2) is 11.7. The molecule has 162 valence electrons. The molecule has 1 N–H and O–H groups in total. The van der Waals surface area contributed by atoms with Gasteiger partial charge >= 0.3 is 5.97 Å². The molecule has 0 bridgehead atoms. The third kappa shape index (κ3) is 6.85. The lowest BCUT2D eigenvalue weighted by molar-refractivity contribution is -0.142. The molecule has 1 amide bonds. The summed E-state index contributed by atoms with van der Waals surface area (Å²) in [6.07, 6.45) is 9.55. The van der Waals surface area contributed by atoms with Gasteiger partial charge in [0.2, 0.25) is 0 Å². The molecule has 0 spiro atoms. The second-order valence-electron chi connectivity index (χ2n) is 7.45. The Morgan fingerprint density at radius 1 is 1.03 bits per heavy atom. The number of nitrogens with one attached hydrogen (secondary N) is 1. The zero-order valence-corrected chi connectivity index (χ0v) is 17.9. The summed E-state index contributed by atoms with van der Waals surface area (Å²) in [5.74, 6) is -0.199. The van der Waals surface area contributed by atoms with Gasteiger partial charge in [0.15, 0.2) is 6.61 Å². The first-order chi connectivity index (χ1) is 15.2. The van der Waals surface area contributed by atoms with Gasteiger partial charge in [-0.15, -0.1) is 0 Å². The number of benzene rings is 2. The third-order valence-electron chi connectivity index (χ3n) is 5.23. The molecule has 5 nitrogen and oxygen atoms in total. The Kier molecular flexibility index (Phi) is 8.47. The Labute approximate surface area is 183 Å².